The first kappa shape index (κ1) is 20.5. The second kappa shape index (κ2) is 8.00. The molecular weight excluding hydrogens is 382 g/mol. The SMILES string of the molecule is CN(C1CCN(C(=O)CCCN2C(=O)c3ccccc3C2=O)CC1)S(C)(=O)=O. The van der Waals surface area contributed by atoms with Crippen molar-refractivity contribution in [1.29, 1.82) is 0 Å². The Kier molecular flexibility index (Phi) is 5.85. The van der Waals surface area contributed by atoms with Gasteiger partial charge in [-0.15, -0.1) is 0 Å². The van der Waals surface area contributed by atoms with Gasteiger partial charge in [0.05, 0.1) is 17.4 Å². The highest BCUT2D eigenvalue weighted by molar-refractivity contribution is 7.88. The number of amides is 3. The number of likely N-dealkylation sites (tertiary alicyclic amines) is 1. The summed E-state index contributed by atoms with van der Waals surface area (Å²) in [7, 11) is -1.67. The van der Waals surface area contributed by atoms with Gasteiger partial charge in [0.1, 0.15) is 0 Å². The maximum Gasteiger partial charge on any atom is 0.261 e. The van der Waals surface area contributed by atoms with E-state index in [1.54, 1.807) is 36.2 Å². The van der Waals surface area contributed by atoms with Crippen LogP contribution >= 0.6 is 0 Å². The molecule has 9 heteroatoms. The van der Waals surface area contributed by atoms with Crippen LogP contribution in [0, 0.1) is 0 Å². The standard InChI is InChI=1S/C19H25N3O5S/c1-20(28(2,26)27)14-9-12-21(13-10-14)17(23)8-5-11-22-18(24)15-6-3-4-7-16(15)19(22)25/h3-4,6-7,14H,5,8-13H2,1-2H3. The lowest BCUT2D eigenvalue weighted by molar-refractivity contribution is -0.132. The molecule has 2 aliphatic heterocycles. The van der Waals surface area contributed by atoms with Crippen molar-refractivity contribution in [3.05, 3.63) is 35.4 Å². The zero-order valence-electron chi connectivity index (χ0n) is 16.1. The Balaban J connectivity index is 1.46. The third kappa shape index (κ3) is 4.10. The highest BCUT2D eigenvalue weighted by Crippen LogP contribution is 2.23. The van der Waals surface area contributed by atoms with Crippen molar-refractivity contribution in [3.8, 4) is 0 Å². The summed E-state index contributed by atoms with van der Waals surface area (Å²) in [5.74, 6) is -0.646. The number of rotatable bonds is 6. The minimum Gasteiger partial charge on any atom is -0.343 e. The van der Waals surface area contributed by atoms with Crippen molar-refractivity contribution in [2.24, 2.45) is 0 Å². The fraction of sp³-hybridized carbons (Fsp3) is 0.526. The molecule has 0 saturated carbocycles. The summed E-state index contributed by atoms with van der Waals surface area (Å²) in [5, 5.41) is 0. The van der Waals surface area contributed by atoms with E-state index < -0.39 is 10.0 Å². The molecule has 3 amide bonds. The number of benzene rings is 1. The minimum atomic E-state index is -3.24. The zero-order chi connectivity index (χ0) is 20.5. The molecule has 3 rings (SSSR count). The Hall–Kier alpha value is -2.26. The van der Waals surface area contributed by atoms with Gasteiger partial charge in [0.2, 0.25) is 15.9 Å². The lowest BCUT2D eigenvalue weighted by Gasteiger charge is -2.35. The van der Waals surface area contributed by atoms with E-state index in [-0.39, 0.29) is 36.7 Å². The van der Waals surface area contributed by atoms with Gasteiger partial charge in [0.15, 0.2) is 0 Å². The quantitative estimate of drug-likeness (QED) is 0.654. The molecule has 0 spiro atoms. The van der Waals surface area contributed by atoms with Crippen LogP contribution in [0.25, 0.3) is 0 Å². The van der Waals surface area contributed by atoms with Gasteiger partial charge in [-0.05, 0) is 31.4 Å². The van der Waals surface area contributed by atoms with Crippen molar-refractivity contribution < 1.29 is 22.8 Å². The largest absolute Gasteiger partial charge is 0.343 e. The Morgan fingerprint density at radius 2 is 1.64 bits per heavy atom. The third-order valence-corrected chi connectivity index (χ3v) is 6.85. The second-order valence-corrected chi connectivity index (χ2v) is 9.34. The highest BCUT2D eigenvalue weighted by atomic mass is 32.2. The van der Waals surface area contributed by atoms with Crippen LogP contribution in [0.15, 0.2) is 24.3 Å². The average Bonchev–Trinajstić information content (AvgIpc) is 2.92. The maximum absolute atomic E-state index is 12.4. The molecule has 1 aromatic rings. The van der Waals surface area contributed by atoms with Gasteiger partial charge in [0, 0.05) is 39.1 Å². The van der Waals surface area contributed by atoms with Gasteiger partial charge in [-0.3, -0.25) is 19.3 Å². The van der Waals surface area contributed by atoms with Crippen LogP contribution in [0.2, 0.25) is 0 Å². The summed E-state index contributed by atoms with van der Waals surface area (Å²) in [5.41, 5.74) is 0.826. The molecule has 0 aromatic heterocycles. The molecule has 0 aliphatic carbocycles. The van der Waals surface area contributed by atoms with Gasteiger partial charge in [-0.25, -0.2) is 12.7 Å². The predicted molar refractivity (Wildman–Crippen MR) is 103 cm³/mol. The molecule has 1 aromatic carbocycles. The van der Waals surface area contributed by atoms with E-state index in [1.807, 2.05) is 0 Å². The molecule has 0 unspecified atom stereocenters. The summed E-state index contributed by atoms with van der Waals surface area (Å²) in [4.78, 5) is 40.0. The van der Waals surface area contributed by atoms with Gasteiger partial charge in [-0.2, -0.15) is 0 Å². The molecule has 0 N–H and O–H groups in total. The van der Waals surface area contributed by atoms with Crippen LogP contribution in [-0.4, -0.2) is 79.2 Å². The molecule has 2 aliphatic rings. The van der Waals surface area contributed by atoms with Crippen LogP contribution in [0.3, 0.4) is 0 Å². The first-order valence-corrected chi connectivity index (χ1v) is 11.2. The Morgan fingerprint density at radius 1 is 1.11 bits per heavy atom. The van der Waals surface area contributed by atoms with E-state index in [0.717, 1.165) is 0 Å². The molecule has 0 bridgehead atoms. The molecule has 152 valence electrons. The third-order valence-electron chi connectivity index (χ3n) is 5.51. The Labute approximate surface area is 165 Å². The summed E-state index contributed by atoms with van der Waals surface area (Å²) < 4.78 is 24.6. The lowest BCUT2D eigenvalue weighted by atomic mass is 10.0. The Morgan fingerprint density at radius 3 is 2.14 bits per heavy atom. The first-order chi connectivity index (χ1) is 13.2. The molecular formula is C19H25N3O5S. The number of fused-ring (bicyclic) bond motifs is 1. The number of sulfonamides is 1. The summed E-state index contributed by atoms with van der Waals surface area (Å²) in [6, 6.07) is 6.64. The van der Waals surface area contributed by atoms with E-state index in [1.165, 1.54) is 15.5 Å². The molecule has 28 heavy (non-hydrogen) atoms. The molecule has 1 saturated heterocycles. The zero-order valence-corrected chi connectivity index (χ0v) is 16.9. The monoisotopic (exact) mass is 407 g/mol. The smallest absolute Gasteiger partial charge is 0.261 e. The van der Waals surface area contributed by atoms with Gasteiger partial charge < -0.3 is 4.90 Å². The van der Waals surface area contributed by atoms with Gasteiger partial charge in [0.25, 0.3) is 11.8 Å². The number of carbonyl (C=O) groups excluding carboxylic acids is 3. The summed E-state index contributed by atoms with van der Waals surface area (Å²) in [6.45, 7) is 1.23. The lowest BCUT2D eigenvalue weighted by Crippen LogP contribution is -2.47. The van der Waals surface area contributed by atoms with E-state index in [9.17, 15) is 22.8 Å². The summed E-state index contributed by atoms with van der Waals surface area (Å²) in [6.07, 6.45) is 3.05. The molecule has 0 atom stereocenters. The van der Waals surface area contributed by atoms with Gasteiger partial charge in [-0.1, -0.05) is 12.1 Å². The van der Waals surface area contributed by atoms with E-state index in [0.29, 0.717) is 43.5 Å². The second-order valence-electron chi connectivity index (χ2n) is 7.30. The van der Waals surface area contributed by atoms with Crippen molar-refractivity contribution in [2.45, 2.75) is 31.7 Å². The van der Waals surface area contributed by atoms with Crippen molar-refractivity contribution in [1.82, 2.24) is 14.1 Å². The first-order valence-electron chi connectivity index (χ1n) is 9.36. The minimum absolute atomic E-state index is 0.0305. The van der Waals surface area contributed by atoms with Crippen molar-refractivity contribution in [2.75, 3.05) is 32.9 Å². The fourth-order valence-corrected chi connectivity index (χ4v) is 4.49. The van der Waals surface area contributed by atoms with Crippen LogP contribution < -0.4 is 0 Å². The van der Waals surface area contributed by atoms with Crippen LogP contribution in [0.1, 0.15) is 46.4 Å². The fourth-order valence-electron chi connectivity index (χ4n) is 3.74. The van der Waals surface area contributed by atoms with E-state index in [4.69, 9.17) is 0 Å². The molecule has 8 nitrogen and oxygen atoms in total. The van der Waals surface area contributed by atoms with Crippen LogP contribution in [0.5, 0.6) is 0 Å². The van der Waals surface area contributed by atoms with E-state index in [2.05, 4.69) is 0 Å². The molecule has 0 radical (unpaired) electrons. The van der Waals surface area contributed by atoms with Crippen LogP contribution in [0.4, 0.5) is 0 Å². The molecule has 1 fully saturated rings. The highest BCUT2D eigenvalue weighted by Gasteiger charge is 2.35. The van der Waals surface area contributed by atoms with E-state index >= 15 is 0 Å². The number of nitrogens with zero attached hydrogens (tertiary/aromatic N) is 3. The normalized spacial score (nSPS) is 18.1. The topological polar surface area (TPSA) is 95.1 Å². The van der Waals surface area contributed by atoms with Crippen molar-refractivity contribution >= 4 is 27.7 Å². The van der Waals surface area contributed by atoms with Crippen LogP contribution in [-0.2, 0) is 14.8 Å². The number of piperidine rings is 1. The predicted octanol–water partition coefficient (Wildman–Crippen LogP) is 0.945. The molecule has 2 heterocycles. The van der Waals surface area contributed by atoms with Gasteiger partial charge >= 0.3 is 0 Å². The maximum atomic E-state index is 12.4. The number of carbonyl (C=O) groups is 3. The number of hydrogen-bond donors (Lipinski definition) is 0. The Bertz CT molecular complexity index is 856. The average molecular weight is 407 g/mol. The summed E-state index contributed by atoms with van der Waals surface area (Å²) >= 11 is 0. The number of imide groups is 1. The number of hydrogen-bond acceptors (Lipinski definition) is 5. The van der Waals surface area contributed by atoms with Crippen molar-refractivity contribution in [3.63, 3.8) is 0 Å².